The zero-order valence-corrected chi connectivity index (χ0v) is 10.4. The number of nitrogens with zero attached hydrogens (tertiary/aromatic N) is 5. The molecule has 0 saturated carbocycles. The van der Waals surface area contributed by atoms with Gasteiger partial charge >= 0.3 is 0 Å². The van der Waals surface area contributed by atoms with Gasteiger partial charge in [0.25, 0.3) is 0 Å². The first-order valence-corrected chi connectivity index (χ1v) is 5.88. The van der Waals surface area contributed by atoms with E-state index >= 15 is 0 Å². The van der Waals surface area contributed by atoms with E-state index in [0.717, 1.165) is 31.8 Å². The second kappa shape index (κ2) is 6.55. The second-order valence-electron chi connectivity index (χ2n) is 3.92. The average molecular weight is 226 g/mol. The molecule has 0 atom stereocenters. The number of nitrogens with two attached hydrogens (primary N) is 1. The summed E-state index contributed by atoms with van der Waals surface area (Å²) >= 11 is 0. The van der Waals surface area contributed by atoms with Crippen molar-refractivity contribution in [1.82, 2.24) is 25.1 Å². The molecule has 0 amide bonds. The molecule has 92 valence electrons. The van der Waals surface area contributed by atoms with E-state index < -0.39 is 0 Å². The monoisotopic (exact) mass is 226 g/mol. The molecule has 0 aliphatic rings. The van der Waals surface area contributed by atoms with Gasteiger partial charge in [-0.25, -0.2) is 0 Å². The smallest absolute Gasteiger partial charge is 0.188 e. The van der Waals surface area contributed by atoms with Crippen molar-refractivity contribution in [2.75, 3.05) is 13.1 Å². The molecule has 0 unspecified atom stereocenters. The first-order valence-electron chi connectivity index (χ1n) is 5.88. The molecule has 1 rings (SSSR count). The molecule has 1 heterocycles. The SMILES string of the molecule is CCC(CC)N(CCN)Cc1nnn(C)n1. The van der Waals surface area contributed by atoms with Crippen LogP contribution in [0.15, 0.2) is 0 Å². The number of tetrazole rings is 1. The summed E-state index contributed by atoms with van der Waals surface area (Å²) in [4.78, 5) is 3.82. The van der Waals surface area contributed by atoms with Crippen molar-refractivity contribution < 1.29 is 0 Å². The lowest BCUT2D eigenvalue weighted by Crippen LogP contribution is -2.38. The van der Waals surface area contributed by atoms with Gasteiger partial charge in [0, 0.05) is 19.1 Å². The van der Waals surface area contributed by atoms with Crippen LogP contribution in [0.4, 0.5) is 0 Å². The Balaban J connectivity index is 2.63. The molecule has 0 spiro atoms. The zero-order valence-electron chi connectivity index (χ0n) is 10.4. The van der Waals surface area contributed by atoms with Crippen LogP contribution in [0.5, 0.6) is 0 Å². The standard InChI is InChI=1S/C10H22N6/c1-4-9(5-2)16(7-6-11)8-10-12-14-15(3)13-10/h9H,4-8,11H2,1-3H3. The molecule has 0 aliphatic carbocycles. The third kappa shape index (κ3) is 3.53. The fourth-order valence-electron chi connectivity index (χ4n) is 1.93. The van der Waals surface area contributed by atoms with Crippen LogP contribution >= 0.6 is 0 Å². The Labute approximate surface area is 96.8 Å². The van der Waals surface area contributed by atoms with Crippen LogP contribution in [-0.4, -0.2) is 44.2 Å². The molecular formula is C10H22N6. The van der Waals surface area contributed by atoms with E-state index in [1.165, 1.54) is 4.80 Å². The van der Waals surface area contributed by atoms with Crippen molar-refractivity contribution in [2.45, 2.75) is 39.3 Å². The molecule has 0 bridgehead atoms. The normalized spacial score (nSPS) is 11.6. The molecule has 0 fully saturated rings. The Kier molecular flexibility index (Phi) is 5.34. The number of aromatic nitrogens is 4. The lowest BCUT2D eigenvalue weighted by atomic mass is 10.1. The first-order chi connectivity index (χ1) is 7.71. The maximum Gasteiger partial charge on any atom is 0.188 e. The minimum Gasteiger partial charge on any atom is -0.329 e. The fraction of sp³-hybridized carbons (Fsp3) is 0.900. The zero-order chi connectivity index (χ0) is 12.0. The summed E-state index contributed by atoms with van der Waals surface area (Å²) in [5.41, 5.74) is 5.63. The van der Waals surface area contributed by atoms with Gasteiger partial charge in [-0.15, -0.1) is 10.2 Å². The Morgan fingerprint density at radius 1 is 1.38 bits per heavy atom. The summed E-state index contributed by atoms with van der Waals surface area (Å²) in [6.07, 6.45) is 2.24. The Morgan fingerprint density at radius 2 is 2.06 bits per heavy atom. The van der Waals surface area contributed by atoms with Crippen LogP contribution in [0.2, 0.25) is 0 Å². The number of hydrogen-bond acceptors (Lipinski definition) is 5. The molecule has 1 aromatic rings. The summed E-state index contributed by atoms with van der Waals surface area (Å²) in [6.45, 7) is 6.67. The van der Waals surface area contributed by atoms with Gasteiger partial charge < -0.3 is 5.73 Å². The van der Waals surface area contributed by atoms with Gasteiger partial charge in [-0.1, -0.05) is 13.8 Å². The van der Waals surface area contributed by atoms with Crippen LogP contribution in [0, 0.1) is 0 Å². The fourth-order valence-corrected chi connectivity index (χ4v) is 1.93. The number of hydrogen-bond donors (Lipinski definition) is 1. The van der Waals surface area contributed by atoms with Gasteiger partial charge in [0.1, 0.15) is 0 Å². The highest BCUT2D eigenvalue weighted by Gasteiger charge is 2.16. The first kappa shape index (κ1) is 13.1. The minimum atomic E-state index is 0.548. The third-order valence-electron chi connectivity index (χ3n) is 2.77. The van der Waals surface area contributed by atoms with Gasteiger partial charge in [0.15, 0.2) is 5.82 Å². The molecule has 1 aromatic heterocycles. The Hall–Kier alpha value is -1.01. The number of rotatable bonds is 7. The molecule has 16 heavy (non-hydrogen) atoms. The van der Waals surface area contributed by atoms with Crippen molar-refractivity contribution in [3.8, 4) is 0 Å². The molecule has 6 heteroatoms. The molecule has 2 N–H and O–H groups in total. The summed E-state index contributed by atoms with van der Waals surface area (Å²) in [5, 5.41) is 12.0. The van der Waals surface area contributed by atoms with E-state index in [0.29, 0.717) is 12.6 Å². The van der Waals surface area contributed by atoms with Gasteiger partial charge in [-0.05, 0) is 18.1 Å². The van der Waals surface area contributed by atoms with Crippen LogP contribution in [-0.2, 0) is 13.6 Å². The average Bonchev–Trinajstić information content (AvgIpc) is 2.66. The lowest BCUT2D eigenvalue weighted by molar-refractivity contribution is 0.177. The van der Waals surface area contributed by atoms with E-state index in [9.17, 15) is 0 Å². The van der Waals surface area contributed by atoms with Crippen molar-refractivity contribution in [3.05, 3.63) is 5.82 Å². The molecule has 6 nitrogen and oxygen atoms in total. The summed E-state index contributed by atoms with van der Waals surface area (Å²) < 4.78 is 0. The van der Waals surface area contributed by atoms with Crippen molar-refractivity contribution in [3.63, 3.8) is 0 Å². The highest BCUT2D eigenvalue weighted by atomic mass is 15.6. The third-order valence-corrected chi connectivity index (χ3v) is 2.77. The molecule has 0 saturated heterocycles. The lowest BCUT2D eigenvalue weighted by Gasteiger charge is -2.28. The second-order valence-corrected chi connectivity index (χ2v) is 3.92. The van der Waals surface area contributed by atoms with E-state index in [2.05, 4.69) is 34.2 Å². The number of aryl methyl sites for hydroxylation is 1. The van der Waals surface area contributed by atoms with Gasteiger partial charge in [0.05, 0.1) is 13.6 Å². The topological polar surface area (TPSA) is 72.9 Å². The quantitative estimate of drug-likeness (QED) is 0.717. The van der Waals surface area contributed by atoms with Crippen LogP contribution in [0.3, 0.4) is 0 Å². The van der Waals surface area contributed by atoms with Crippen molar-refractivity contribution >= 4 is 0 Å². The van der Waals surface area contributed by atoms with Gasteiger partial charge in [-0.3, -0.25) is 4.90 Å². The van der Waals surface area contributed by atoms with E-state index in [-0.39, 0.29) is 0 Å². The van der Waals surface area contributed by atoms with Crippen LogP contribution < -0.4 is 5.73 Å². The van der Waals surface area contributed by atoms with Gasteiger partial charge in [-0.2, -0.15) is 4.80 Å². The Morgan fingerprint density at radius 3 is 2.50 bits per heavy atom. The van der Waals surface area contributed by atoms with Crippen molar-refractivity contribution in [1.29, 1.82) is 0 Å². The van der Waals surface area contributed by atoms with Gasteiger partial charge in [0.2, 0.25) is 0 Å². The van der Waals surface area contributed by atoms with Crippen molar-refractivity contribution in [2.24, 2.45) is 12.8 Å². The summed E-state index contributed by atoms with van der Waals surface area (Å²) in [6, 6.07) is 0.548. The minimum absolute atomic E-state index is 0.548. The molecule has 0 aromatic carbocycles. The highest BCUT2D eigenvalue weighted by Crippen LogP contribution is 2.10. The highest BCUT2D eigenvalue weighted by molar-refractivity contribution is 4.80. The predicted octanol–water partition coefficient (Wildman–Crippen LogP) is 0.159. The molecule has 0 radical (unpaired) electrons. The van der Waals surface area contributed by atoms with E-state index in [4.69, 9.17) is 5.73 Å². The van der Waals surface area contributed by atoms with Crippen LogP contribution in [0.25, 0.3) is 0 Å². The molecule has 0 aliphatic heterocycles. The summed E-state index contributed by atoms with van der Waals surface area (Å²) in [5.74, 6) is 0.767. The summed E-state index contributed by atoms with van der Waals surface area (Å²) in [7, 11) is 1.78. The predicted molar refractivity (Wildman–Crippen MR) is 62.6 cm³/mol. The molecular weight excluding hydrogens is 204 g/mol. The maximum atomic E-state index is 5.63. The Bertz CT molecular complexity index is 293. The van der Waals surface area contributed by atoms with E-state index in [1.807, 2.05) is 0 Å². The maximum absolute atomic E-state index is 5.63. The largest absolute Gasteiger partial charge is 0.329 e. The van der Waals surface area contributed by atoms with Crippen LogP contribution in [0.1, 0.15) is 32.5 Å². The van der Waals surface area contributed by atoms with E-state index in [1.54, 1.807) is 7.05 Å².